The molecule has 0 saturated heterocycles. The summed E-state index contributed by atoms with van der Waals surface area (Å²) in [5, 5.41) is 11.8. The van der Waals surface area contributed by atoms with Crippen LogP contribution >= 0.6 is 0 Å². The van der Waals surface area contributed by atoms with Crippen LogP contribution in [-0.4, -0.2) is 9.13 Å². The van der Waals surface area contributed by atoms with Gasteiger partial charge >= 0.3 is 5.69 Å². The van der Waals surface area contributed by atoms with Crippen LogP contribution in [0.25, 0.3) is 0 Å². The normalized spacial score (nSPS) is 11.8. The fourth-order valence-electron chi connectivity index (χ4n) is 1.47. The summed E-state index contributed by atoms with van der Waals surface area (Å²) in [4.78, 5) is 23.2. The third kappa shape index (κ3) is 1.69. The standard InChI is InChI=1S/C10H16N2O3/c1-10(2,3)6-7(13)11(4)9(15)12(5)8(6)14/h13H,1-5H3/p-1. The van der Waals surface area contributed by atoms with E-state index in [1.165, 1.54) is 14.1 Å². The van der Waals surface area contributed by atoms with Crippen molar-refractivity contribution in [3.8, 4) is 5.88 Å². The molecule has 0 N–H and O–H groups in total. The molecule has 0 aliphatic heterocycles. The number of hydrogen-bond donors (Lipinski definition) is 0. The van der Waals surface area contributed by atoms with Crippen LogP contribution in [0.1, 0.15) is 26.3 Å². The summed E-state index contributed by atoms with van der Waals surface area (Å²) in [7, 11) is 2.75. The van der Waals surface area contributed by atoms with E-state index in [1.807, 2.05) is 0 Å². The van der Waals surface area contributed by atoms with E-state index in [2.05, 4.69) is 0 Å². The highest BCUT2D eigenvalue weighted by Gasteiger charge is 2.21. The Bertz CT molecular complexity index is 503. The van der Waals surface area contributed by atoms with Crippen LogP contribution in [-0.2, 0) is 19.5 Å². The van der Waals surface area contributed by atoms with Crippen LogP contribution in [0.15, 0.2) is 9.59 Å². The van der Waals surface area contributed by atoms with Crippen molar-refractivity contribution in [1.82, 2.24) is 9.13 Å². The molecule has 0 aliphatic carbocycles. The molecule has 0 amide bonds. The predicted octanol–water partition coefficient (Wildman–Crippen LogP) is -0.545. The van der Waals surface area contributed by atoms with E-state index in [1.54, 1.807) is 20.8 Å². The van der Waals surface area contributed by atoms with E-state index in [-0.39, 0.29) is 5.56 Å². The van der Waals surface area contributed by atoms with Crippen LogP contribution in [0, 0.1) is 0 Å². The predicted molar refractivity (Wildman–Crippen MR) is 55.1 cm³/mol. The Hall–Kier alpha value is -1.52. The van der Waals surface area contributed by atoms with Crippen LogP contribution in [0.2, 0.25) is 0 Å². The van der Waals surface area contributed by atoms with Crippen molar-refractivity contribution in [2.24, 2.45) is 14.1 Å². The van der Waals surface area contributed by atoms with Crippen molar-refractivity contribution in [3.63, 3.8) is 0 Å². The molecular formula is C10H15N2O3-. The van der Waals surface area contributed by atoms with E-state index >= 15 is 0 Å². The molecule has 15 heavy (non-hydrogen) atoms. The second-order valence-electron chi connectivity index (χ2n) is 4.64. The first-order valence-electron chi connectivity index (χ1n) is 4.65. The van der Waals surface area contributed by atoms with Crippen LogP contribution in [0.5, 0.6) is 5.88 Å². The summed E-state index contributed by atoms with van der Waals surface area (Å²) >= 11 is 0. The molecule has 0 saturated carbocycles. The molecule has 5 heteroatoms. The third-order valence-electron chi connectivity index (χ3n) is 2.36. The molecule has 1 aromatic heterocycles. The first-order valence-corrected chi connectivity index (χ1v) is 4.65. The molecule has 0 unspecified atom stereocenters. The van der Waals surface area contributed by atoms with Gasteiger partial charge in [-0.2, -0.15) is 0 Å². The number of aromatic nitrogens is 2. The highest BCUT2D eigenvalue weighted by molar-refractivity contribution is 5.28. The topological polar surface area (TPSA) is 67.1 Å². The first-order chi connectivity index (χ1) is 6.68. The Kier molecular flexibility index (Phi) is 2.51. The van der Waals surface area contributed by atoms with Gasteiger partial charge in [0.05, 0.1) is 0 Å². The Labute approximate surface area is 87.6 Å². The zero-order valence-corrected chi connectivity index (χ0v) is 9.62. The van der Waals surface area contributed by atoms with Gasteiger partial charge < -0.3 is 9.67 Å². The van der Waals surface area contributed by atoms with Gasteiger partial charge in [0.25, 0.3) is 5.56 Å². The highest BCUT2D eigenvalue weighted by atomic mass is 16.3. The maximum absolute atomic E-state index is 11.8. The lowest BCUT2D eigenvalue weighted by molar-refractivity contribution is -0.281. The Morgan fingerprint density at radius 3 is 1.93 bits per heavy atom. The molecule has 0 atom stereocenters. The van der Waals surface area contributed by atoms with Crippen LogP contribution in [0.3, 0.4) is 0 Å². The average Bonchev–Trinajstić information content (AvgIpc) is 2.09. The minimum atomic E-state index is -0.585. The second kappa shape index (κ2) is 3.25. The fraction of sp³-hybridized carbons (Fsp3) is 0.600. The van der Waals surface area contributed by atoms with Gasteiger partial charge in [0.2, 0.25) is 0 Å². The lowest BCUT2D eigenvalue weighted by Crippen LogP contribution is -2.43. The zero-order valence-electron chi connectivity index (χ0n) is 9.62. The molecule has 0 aliphatic rings. The molecular weight excluding hydrogens is 196 g/mol. The number of rotatable bonds is 0. The summed E-state index contributed by atoms with van der Waals surface area (Å²) in [5.41, 5.74) is -1.50. The fourth-order valence-corrected chi connectivity index (χ4v) is 1.47. The molecule has 0 bridgehead atoms. The van der Waals surface area contributed by atoms with E-state index in [9.17, 15) is 14.7 Å². The molecule has 5 nitrogen and oxygen atoms in total. The van der Waals surface area contributed by atoms with Gasteiger partial charge in [0.1, 0.15) is 0 Å². The van der Waals surface area contributed by atoms with Crippen LogP contribution < -0.4 is 16.4 Å². The van der Waals surface area contributed by atoms with Gasteiger partial charge in [-0.25, -0.2) is 4.79 Å². The second-order valence-corrected chi connectivity index (χ2v) is 4.64. The molecule has 1 rings (SSSR count). The Morgan fingerprint density at radius 2 is 1.53 bits per heavy atom. The molecule has 0 spiro atoms. The Morgan fingerprint density at radius 1 is 1.07 bits per heavy atom. The highest BCUT2D eigenvalue weighted by Crippen LogP contribution is 2.23. The Balaban J connectivity index is 3.85. The van der Waals surface area contributed by atoms with Crippen molar-refractivity contribution < 1.29 is 5.11 Å². The van der Waals surface area contributed by atoms with Gasteiger partial charge in [-0.15, -0.1) is 0 Å². The van der Waals surface area contributed by atoms with Gasteiger partial charge in [-0.3, -0.25) is 9.36 Å². The van der Waals surface area contributed by atoms with Crippen molar-refractivity contribution in [2.45, 2.75) is 26.2 Å². The average molecular weight is 211 g/mol. The van der Waals surface area contributed by atoms with Crippen molar-refractivity contribution in [1.29, 1.82) is 0 Å². The van der Waals surface area contributed by atoms with Gasteiger partial charge in [0.15, 0.2) is 0 Å². The molecule has 1 aromatic rings. The largest absolute Gasteiger partial charge is 0.860 e. The summed E-state index contributed by atoms with van der Waals surface area (Å²) < 4.78 is 1.92. The first kappa shape index (κ1) is 11.6. The lowest BCUT2D eigenvalue weighted by atomic mass is 9.88. The summed E-state index contributed by atoms with van der Waals surface area (Å²) in [5.74, 6) is -0.504. The van der Waals surface area contributed by atoms with Gasteiger partial charge in [-0.05, 0) is 11.3 Å². The van der Waals surface area contributed by atoms with E-state index in [0.29, 0.717) is 0 Å². The molecule has 0 aromatic carbocycles. The maximum Gasteiger partial charge on any atom is 0.329 e. The SMILES string of the molecule is Cn1c([O-])c(C(C)(C)C)c(=O)n(C)c1=O. The van der Waals surface area contributed by atoms with Crippen molar-refractivity contribution >= 4 is 0 Å². The van der Waals surface area contributed by atoms with Crippen molar-refractivity contribution in [2.75, 3.05) is 0 Å². The third-order valence-corrected chi connectivity index (χ3v) is 2.36. The maximum atomic E-state index is 11.8. The molecule has 0 radical (unpaired) electrons. The smallest absolute Gasteiger partial charge is 0.329 e. The molecule has 84 valence electrons. The van der Waals surface area contributed by atoms with Gasteiger partial charge in [-0.1, -0.05) is 20.8 Å². The summed E-state index contributed by atoms with van der Waals surface area (Å²) in [6, 6.07) is 0. The number of hydrogen-bond acceptors (Lipinski definition) is 3. The summed E-state index contributed by atoms with van der Waals surface area (Å²) in [6.45, 7) is 5.32. The van der Waals surface area contributed by atoms with E-state index in [4.69, 9.17) is 0 Å². The zero-order chi connectivity index (χ0) is 12.0. The van der Waals surface area contributed by atoms with Gasteiger partial charge in [0, 0.05) is 19.7 Å². The van der Waals surface area contributed by atoms with E-state index < -0.39 is 22.5 Å². The monoisotopic (exact) mass is 211 g/mol. The molecule has 1 heterocycles. The molecule has 0 fully saturated rings. The minimum absolute atomic E-state index is 0.145. The quantitative estimate of drug-likeness (QED) is 0.578. The van der Waals surface area contributed by atoms with Crippen molar-refractivity contribution in [3.05, 3.63) is 26.4 Å². The number of nitrogens with zero attached hydrogens (tertiary/aromatic N) is 2. The lowest BCUT2D eigenvalue weighted by Gasteiger charge is -2.26. The summed E-state index contributed by atoms with van der Waals surface area (Å²) in [6.07, 6.45) is 0. The minimum Gasteiger partial charge on any atom is -0.860 e. The van der Waals surface area contributed by atoms with Crippen LogP contribution in [0.4, 0.5) is 0 Å². The van der Waals surface area contributed by atoms with E-state index in [0.717, 1.165) is 9.13 Å².